The minimum atomic E-state index is -0.683. The topological polar surface area (TPSA) is 55.3 Å². The minimum Gasteiger partial charge on any atom is -0.360 e. The first-order valence-electron chi connectivity index (χ1n) is 11.7. The molecule has 0 bridgehead atoms. The smallest absolute Gasteiger partial charge is 0.187 e. The number of nitrogens with zero attached hydrogens (tertiary/aromatic N) is 3. The number of aromatic nitrogens is 2. The van der Waals surface area contributed by atoms with Gasteiger partial charge in [-0.25, -0.2) is 4.98 Å². The van der Waals surface area contributed by atoms with E-state index < -0.39 is 11.7 Å². The summed E-state index contributed by atoms with van der Waals surface area (Å²) in [7, 11) is 0. The number of Topliss-reactive ketones (excluding diaryl/α,β-unsaturated/α-hetero) is 1. The molecular weight excluding hydrogens is 478 g/mol. The summed E-state index contributed by atoms with van der Waals surface area (Å²) in [6.07, 6.45) is 3.09. The maximum absolute atomic E-state index is 12.9. The number of aryl methyl sites for hydroxylation is 1. The number of ketones is 1. The van der Waals surface area contributed by atoms with Crippen molar-refractivity contribution < 1.29 is 9.53 Å². The molecule has 35 heavy (non-hydrogen) atoms. The van der Waals surface area contributed by atoms with Crippen LogP contribution in [-0.2, 0) is 22.6 Å². The van der Waals surface area contributed by atoms with Crippen LogP contribution < -0.4 is 4.90 Å². The lowest BCUT2D eigenvalue weighted by Gasteiger charge is -2.29. The first-order chi connectivity index (χ1) is 16.6. The molecule has 3 heterocycles. The fourth-order valence-corrected chi connectivity index (χ4v) is 5.88. The van der Waals surface area contributed by atoms with Crippen molar-refractivity contribution in [3.63, 3.8) is 0 Å². The summed E-state index contributed by atoms with van der Waals surface area (Å²) in [5, 5.41) is 1.63. The zero-order valence-electron chi connectivity index (χ0n) is 20.6. The van der Waals surface area contributed by atoms with Gasteiger partial charge >= 0.3 is 0 Å². The van der Waals surface area contributed by atoms with Crippen molar-refractivity contribution in [1.29, 1.82) is 0 Å². The summed E-state index contributed by atoms with van der Waals surface area (Å²) in [6, 6.07) is 11.9. The van der Waals surface area contributed by atoms with Crippen molar-refractivity contribution in [3.8, 4) is 11.1 Å². The minimum absolute atomic E-state index is 0.0233. The molecule has 7 heteroatoms. The molecule has 1 aliphatic heterocycles. The number of carbonyl (C=O) groups excluding carboxylic acids is 1. The standard InChI is InChI=1S/C28H28ClN3O2S/c1-16-12-22-26(35-27(31-22)32-14-19-10-11-30-13-20(19)15-32)24(18-6-8-21(29)9-7-18)23(16)25(17(2)33)34-28(3,4)5/h6-13,25H,14-15H2,1-5H3/t25-/m1/s1. The fraction of sp³-hybridized carbons (Fsp3) is 0.321. The lowest BCUT2D eigenvalue weighted by molar-refractivity contribution is -0.138. The van der Waals surface area contributed by atoms with Gasteiger partial charge < -0.3 is 9.64 Å². The Morgan fingerprint density at radius 2 is 1.86 bits per heavy atom. The van der Waals surface area contributed by atoms with Gasteiger partial charge in [-0.05, 0) is 81.1 Å². The highest BCUT2D eigenvalue weighted by molar-refractivity contribution is 7.22. The maximum Gasteiger partial charge on any atom is 0.187 e. The van der Waals surface area contributed by atoms with Crippen LogP contribution >= 0.6 is 22.9 Å². The Morgan fingerprint density at radius 1 is 1.14 bits per heavy atom. The zero-order chi connectivity index (χ0) is 24.9. The first kappa shape index (κ1) is 23.9. The van der Waals surface area contributed by atoms with E-state index in [9.17, 15) is 4.79 Å². The Morgan fingerprint density at radius 3 is 2.51 bits per heavy atom. The molecular formula is C28H28ClN3O2S. The van der Waals surface area contributed by atoms with Crippen molar-refractivity contribution in [2.45, 2.75) is 59.4 Å². The van der Waals surface area contributed by atoms with E-state index in [1.807, 2.05) is 64.4 Å². The summed E-state index contributed by atoms with van der Waals surface area (Å²) in [4.78, 5) is 24.5. The number of halogens is 1. The Hall–Kier alpha value is -2.80. The van der Waals surface area contributed by atoms with Gasteiger partial charge in [0.2, 0.25) is 0 Å². The predicted octanol–water partition coefficient (Wildman–Crippen LogP) is 7.29. The first-order valence-corrected chi connectivity index (χ1v) is 12.8. The van der Waals surface area contributed by atoms with Gasteiger partial charge in [0.1, 0.15) is 6.10 Å². The highest BCUT2D eigenvalue weighted by atomic mass is 35.5. The molecule has 0 spiro atoms. The van der Waals surface area contributed by atoms with Crippen LogP contribution in [0.5, 0.6) is 0 Å². The van der Waals surface area contributed by atoms with Crippen LogP contribution in [0.3, 0.4) is 0 Å². The molecule has 1 aliphatic rings. The van der Waals surface area contributed by atoms with E-state index >= 15 is 0 Å². The Balaban J connectivity index is 1.71. The Bertz CT molecular complexity index is 1400. The highest BCUT2D eigenvalue weighted by Gasteiger charge is 2.31. The van der Waals surface area contributed by atoms with E-state index in [0.717, 1.165) is 50.7 Å². The Kier molecular flexibility index (Phi) is 6.16. The lowest BCUT2D eigenvalue weighted by Crippen LogP contribution is -2.27. The average Bonchev–Trinajstić information content (AvgIpc) is 3.40. The second-order valence-electron chi connectivity index (χ2n) is 10.1. The number of fused-ring (bicyclic) bond motifs is 2. The third kappa shape index (κ3) is 4.70. The summed E-state index contributed by atoms with van der Waals surface area (Å²) < 4.78 is 7.38. The van der Waals surface area contributed by atoms with E-state index in [1.54, 1.807) is 18.3 Å². The van der Waals surface area contributed by atoms with Crippen LogP contribution in [-0.4, -0.2) is 21.4 Å². The quantitative estimate of drug-likeness (QED) is 0.285. The van der Waals surface area contributed by atoms with Gasteiger partial charge in [0.25, 0.3) is 0 Å². The molecule has 2 aromatic heterocycles. The van der Waals surface area contributed by atoms with E-state index in [2.05, 4.69) is 22.0 Å². The highest BCUT2D eigenvalue weighted by Crippen LogP contribution is 2.45. The van der Waals surface area contributed by atoms with Crippen LogP contribution in [0.1, 0.15) is 56.1 Å². The number of hydrogen-bond acceptors (Lipinski definition) is 6. The van der Waals surface area contributed by atoms with Crippen LogP contribution in [0.25, 0.3) is 21.3 Å². The van der Waals surface area contributed by atoms with E-state index in [0.29, 0.717) is 5.02 Å². The average molecular weight is 506 g/mol. The van der Waals surface area contributed by atoms with Gasteiger partial charge in [-0.3, -0.25) is 9.78 Å². The molecule has 5 nitrogen and oxygen atoms in total. The molecule has 0 fully saturated rings. The molecule has 0 saturated carbocycles. The van der Waals surface area contributed by atoms with Gasteiger partial charge in [-0.15, -0.1) is 0 Å². The van der Waals surface area contributed by atoms with E-state index in [1.165, 1.54) is 11.1 Å². The summed E-state index contributed by atoms with van der Waals surface area (Å²) in [5.41, 5.74) is 6.81. The number of ether oxygens (including phenoxy) is 1. The van der Waals surface area contributed by atoms with Crippen LogP contribution in [0.15, 0.2) is 48.8 Å². The Labute approximate surface area is 214 Å². The van der Waals surface area contributed by atoms with Crippen molar-refractivity contribution in [2.75, 3.05) is 4.90 Å². The van der Waals surface area contributed by atoms with Gasteiger partial charge in [0, 0.05) is 41.6 Å². The number of anilines is 1. The molecule has 2 aromatic carbocycles. The molecule has 180 valence electrons. The maximum atomic E-state index is 12.9. The van der Waals surface area contributed by atoms with Crippen LogP contribution in [0.2, 0.25) is 5.02 Å². The van der Waals surface area contributed by atoms with Crippen LogP contribution in [0.4, 0.5) is 5.13 Å². The van der Waals surface area contributed by atoms with Gasteiger partial charge in [0.15, 0.2) is 10.9 Å². The predicted molar refractivity (Wildman–Crippen MR) is 143 cm³/mol. The van der Waals surface area contributed by atoms with E-state index in [-0.39, 0.29) is 5.78 Å². The SMILES string of the molecule is CC(=O)[C@@H](OC(C)(C)C)c1c(C)cc2nc(N3Cc4ccncc4C3)sc2c1-c1ccc(Cl)cc1. The fourth-order valence-electron chi connectivity index (χ4n) is 4.63. The molecule has 0 N–H and O–H groups in total. The number of carbonyl (C=O) groups is 1. The molecule has 0 amide bonds. The second-order valence-corrected chi connectivity index (χ2v) is 11.5. The third-order valence-electron chi connectivity index (χ3n) is 6.15. The van der Waals surface area contributed by atoms with Crippen molar-refractivity contribution in [1.82, 2.24) is 9.97 Å². The summed E-state index contributed by atoms with van der Waals surface area (Å²) >= 11 is 7.88. The largest absolute Gasteiger partial charge is 0.360 e. The molecule has 1 atom stereocenters. The monoisotopic (exact) mass is 505 g/mol. The summed E-state index contributed by atoms with van der Waals surface area (Å²) in [5.74, 6) is -0.0233. The number of rotatable bonds is 5. The van der Waals surface area contributed by atoms with E-state index in [4.69, 9.17) is 21.3 Å². The summed E-state index contributed by atoms with van der Waals surface area (Å²) in [6.45, 7) is 11.2. The number of thiazole rings is 1. The van der Waals surface area contributed by atoms with Crippen LogP contribution in [0, 0.1) is 6.92 Å². The van der Waals surface area contributed by atoms with Gasteiger partial charge in [-0.1, -0.05) is 35.1 Å². The third-order valence-corrected chi connectivity index (χ3v) is 7.55. The number of hydrogen-bond donors (Lipinski definition) is 0. The second kappa shape index (κ2) is 9.01. The normalized spacial score (nSPS) is 14.4. The number of benzene rings is 2. The molecule has 4 aromatic rings. The number of pyridine rings is 1. The van der Waals surface area contributed by atoms with Gasteiger partial charge in [0.05, 0.1) is 15.8 Å². The lowest BCUT2D eigenvalue weighted by atomic mass is 9.90. The zero-order valence-corrected chi connectivity index (χ0v) is 22.1. The molecule has 0 saturated heterocycles. The molecule has 0 radical (unpaired) electrons. The molecule has 0 aliphatic carbocycles. The van der Waals surface area contributed by atoms with Crippen molar-refractivity contribution in [3.05, 3.63) is 76.1 Å². The van der Waals surface area contributed by atoms with Gasteiger partial charge in [-0.2, -0.15) is 0 Å². The van der Waals surface area contributed by atoms with Crippen molar-refractivity contribution >= 4 is 44.1 Å². The molecule has 0 unspecified atom stereocenters. The van der Waals surface area contributed by atoms with Crippen molar-refractivity contribution in [2.24, 2.45) is 0 Å². The molecule has 5 rings (SSSR count).